The number of rotatable bonds is 6. The molecule has 0 N–H and O–H groups in total. The summed E-state index contributed by atoms with van der Waals surface area (Å²) in [5.74, 6) is 0.671. The number of benzene rings is 7. The lowest BCUT2D eigenvalue weighted by Crippen LogP contribution is -2.74. The van der Waals surface area contributed by atoms with Crippen molar-refractivity contribution in [3.05, 3.63) is 199 Å². The molecule has 0 radical (unpaired) electrons. The van der Waals surface area contributed by atoms with Gasteiger partial charge in [-0.2, -0.15) is 0 Å². The summed E-state index contributed by atoms with van der Waals surface area (Å²) in [6.07, 6.45) is 1.91. The van der Waals surface area contributed by atoms with E-state index in [-0.39, 0.29) is 5.41 Å². The zero-order chi connectivity index (χ0) is 35.6. The minimum Gasteiger partial charge on any atom is -0.278 e. The molecule has 0 saturated heterocycles. The van der Waals surface area contributed by atoms with Crippen molar-refractivity contribution in [1.29, 1.82) is 0 Å². The van der Waals surface area contributed by atoms with Crippen LogP contribution in [0, 0.1) is 0 Å². The van der Waals surface area contributed by atoms with Crippen molar-refractivity contribution in [2.45, 2.75) is 19.3 Å². The third kappa shape index (κ3) is 4.72. The van der Waals surface area contributed by atoms with Crippen LogP contribution in [0.15, 0.2) is 188 Å². The molecule has 7 aromatic carbocycles. The first-order chi connectivity index (χ1) is 26.0. The quantitative estimate of drug-likeness (QED) is 0.129. The molecule has 0 spiro atoms. The van der Waals surface area contributed by atoms with E-state index in [1.807, 2.05) is 12.3 Å². The van der Waals surface area contributed by atoms with Gasteiger partial charge in [0.1, 0.15) is 0 Å². The van der Waals surface area contributed by atoms with Gasteiger partial charge in [-0.25, -0.2) is 9.97 Å². The summed E-state index contributed by atoms with van der Waals surface area (Å²) >= 11 is 0. The Labute approximate surface area is 310 Å². The van der Waals surface area contributed by atoms with Gasteiger partial charge in [-0.1, -0.05) is 172 Å². The molecule has 1 aliphatic rings. The fourth-order valence-corrected chi connectivity index (χ4v) is 13.8. The van der Waals surface area contributed by atoms with Gasteiger partial charge in [-0.05, 0) is 67.3 Å². The summed E-state index contributed by atoms with van der Waals surface area (Å²) in [6.45, 7) is 4.68. The highest BCUT2D eigenvalue weighted by Gasteiger charge is 2.41. The molecule has 1 aliphatic carbocycles. The molecule has 0 saturated carbocycles. The number of aromatic nitrogens is 3. The van der Waals surface area contributed by atoms with Crippen molar-refractivity contribution in [2.75, 3.05) is 0 Å². The Kier molecular flexibility index (Phi) is 7.17. The van der Waals surface area contributed by atoms with E-state index in [0.717, 1.165) is 22.3 Å². The highest BCUT2D eigenvalue weighted by molar-refractivity contribution is 7.19. The molecule has 0 aliphatic heterocycles. The van der Waals surface area contributed by atoms with Crippen LogP contribution < -0.4 is 20.7 Å². The largest absolute Gasteiger partial charge is 0.278 e. The second-order valence-electron chi connectivity index (χ2n) is 14.6. The Bertz CT molecular complexity index is 2710. The zero-order valence-corrected chi connectivity index (χ0v) is 30.7. The van der Waals surface area contributed by atoms with Crippen molar-refractivity contribution < 1.29 is 0 Å². The maximum absolute atomic E-state index is 5.36. The van der Waals surface area contributed by atoms with E-state index >= 15 is 0 Å². The van der Waals surface area contributed by atoms with Crippen LogP contribution in [0.5, 0.6) is 0 Å². The summed E-state index contributed by atoms with van der Waals surface area (Å²) < 4.78 is 2.26. The molecule has 252 valence electrons. The third-order valence-electron chi connectivity index (χ3n) is 11.4. The second-order valence-corrected chi connectivity index (χ2v) is 18.4. The Morgan fingerprint density at radius 3 is 1.77 bits per heavy atom. The molecule has 4 heteroatoms. The van der Waals surface area contributed by atoms with Crippen molar-refractivity contribution in [2.24, 2.45) is 0 Å². The number of hydrogen-bond donors (Lipinski definition) is 0. The van der Waals surface area contributed by atoms with Crippen LogP contribution in [0.3, 0.4) is 0 Å². The molecule has 2 heterocycles. The Morgan fingerprint density at radius 2 is 1.08 bits per heavy atom. The highest BCUT2D eigenvalue weighted by Crippen LogP contribution is 2.50. The number of para-hydroxylation sites is 1. The molecule has 0 unspecified atom stereocenters. The molecule has 0 bridgehead atoms. The lowest BCUT2D eigenvalue weighted by atomic mass is 9.82. The molecule has 0 atom stereocenters. The van der Waals surface area contributed by atoms with E-state index in [4.69, 9.17) is 9.97 Å². The molecular weight excluding hydrogens is 659 g/mol. The smallest absolute Gasteiger partial charge is 0.235 e. The van der Waals surface area contributed by atoms with E-state index in [1.165, 1.54) is 53.8 Å². The first-order valence-corrected chi connectivity index (χ1v) is 20.3. The monoisotopic (exact) mass is 695 g/mol. The minimum absolute atomic E-state index is 0.114. The van der Waals surface area contributed by atoms with Gasteiger partial charge in [-0.15, -0.1) is 0 Å². The van der Waals surface area contributed by atoms with Gasteiger partial charge in [0.2, 0.25) is 5.95 Å². The summed E-state index contributed by atoms with van der Waals surface area (Å²) in [4.78, 5) is 10.3. The summed E-state index contributed by atoms with van der Waals surface area (Å²) in [5, 5.41) is 7.77. The van der Waals surface area contributed by atoms with Gasteiger partial charge in [0, 0.05) is 27.9 Å². The normalized spacial score (nSPS) is 13.2. The molecule has 2 aromatic heterocycles. The average molecular weight is 696 g/mol. The second kappa shape index (κ2) is 12.1. The van der Waals surface area contributed by atoms with Crippen LogP contribution in [0.2, 0.25) is 0 Å². The standard InChI is InChI=1S/C49H37N3Si/c1-49(2)43-27-14-12-25-39(43)41-32-42-40-26-13-15-28-46(40)52(47(42)33-44(41)49)48-50-30-29-45(51-48)34-17-16-24-38(31-34)53(35-18-6-3-7-19-35,36-20-8-4-9-21-36)37-22-10-5-11-23-37/h3-33H,1-2H3. The van der Waals surface area contributed by atoms with E-state index < -0.39 is 8.07 Å². The first-order valence-electron chi connectivity index (χ1n) is 18.3. The molecule has 0 fully saturated rings. The van der Waals surface area contributed by atoms with Crippen molar-refractivity contribution in [3.8, 4) is 28.3 Å². The lowest BCUT2D eigenvalue weighted by Gasteiger charge is -2.34. The van der Waals surface area contributed by atoms with Crippen LogP contribution in [-0.2, 0) is 5.41 Å². The molecule has 9 aromatic rings. The van der Waals surface area contributed by atoms with Crippen molar-refractivity contribution in [3.63, 3.8) is 0 Å². The van der Waals surface area contributed by atoms with Crippen molar-refractivity contribution in [1.82, 2.24) is 14.5 Å². The van der Waals surface area contributed by atoms with E-state index in [0.29, 0.717) is 5.95 Å². The predicted octanol–water partition coefficient (Wildman–Crippen LogP) is 8.92. The van der Waals surface area contributed by atoms with Crippen LogP contribution >= 0.6 is 0 Å². The first kappa shape index (κ1) is 31.4. The fourth-order valence-electron chi connectivity index (χ4n) is 8.97. The van der Waals surface area contributed by atoms with Gasteiger partial charge in [0.05, 0.1) is 16.7 Å². The Balaban J connectivity index is 1.17. The summed E-state index contributed by atoms with van der Waals surface area (Å²) in [7, 11) is -2.70. The summed E-state index contributed by atoms with van der Waals surface area (Å²) in [5.41, 5.74) is 9.43. The van der Waals surface area contributed by atoms with E-state index in [1.54, 1.807) is 0 Å². The zero-order valence-electron chi connectivity index (χ0n) is 29.7. The topological polar surface area (TPSA) is 30.7 Å². The number of nitrogens with zero attached hydrogens (tertiary/aromatic N) is 3. The lowest BCUT2D eigenvalue weighted by molar-refractivity contribution is 0.661. The number of hydrogen-bond acceptors (Lipinski definition) is 2. The van der Waals surface area contributed by atoms with Gasteiger partial charge in [0.25, 0.3) is 0 Å². The van der Waals surface area contributed by atoms with Crippen LogP contribution in [0.1, 0.15) is 25.0 Å². The van der Waals surface area contributed by atoms with Gasteiger partial charge >= 0.3 is 0 Å². The van der Waals surface area contributed by atoms with Gasteiger partial charge in [0.15, 0.2) is 8.07 Å². The van der Waals surface area contributed by atoms with E-state index in [9.17, 15) is 0 Å². The summed E-state index contributed by atoms with van der Waals surface area (Å²) in [6, 6.07) is 66.6. The Hall–Kier alpha value is -6.36. The van der Waals surface area contributed by atoms with Crippen molar-refractivity contribution >= 4 is 50.6 Å². The molecular formula is C49H37N3Si. The van der Waals surface area contributed by atoms with Crippen LogP contribution in [0.4, 0.5) is 0 Å². The molecule has 3 nitrogen and oxygen atoms in total. The maximum Gasteiger partial charge on any atom is 0.235 e. The van der Waals surface area contributed by atoms with Gasteiger partial charge in [-0.3, -0.25) is 4.57 Å². The molecule has 10 rings (SSSR count). The highest BCUT2D eigenvalue weighted by atomic mass is 28.3. The van der Waals surface area contributed by atoms with E-state index in [2.05, 4.69) is 194 Å². The van der Waals surface area contributed by atoms with Crippen LogP contribution in [-0.4, -0.2) is 22.6 Å². The van der Waals surface area contributed by atoms with Gasteiger partial charge < -0.3 is 0 Å². The molecule has 0 amide bonds. The minimum atomic E-state index is -2.70. The van der Waals surface area contributed by atoms with Crippen LogP contribution in [0.25, 0.3) is 50.1 Å². The SMILES string of the molecule is CC1(C)c2ccccc2-c2cc3c4ccccc4n(-c4nccc(-c5cccc([Si](c6ccccc6)(c6ccccc6)c6ccccc6)c5)n4)c3cc21. The predicted molar refractivity (Wildman–Crippen MR) is 223 cm³/mol. The third-order valence-corrected chi connectivity index (χ3v) is 16.2. The molecule has 53 heavy (non-hydrogen) atoms. The number of fused-ring (bicyclic) bond motifs is 6. The maximum atomic E-state index is 5.36. The fraction of sp³-hybridized carbons (Fsp3) is 0.0612. The Morgan fingerprint density at radius 1 is 0.472 bits per heavy atom. The average Bonchev–Trinajstić information content (AvgIpc) is 3.66.